The predicted octanol–water partition coefficient (Wildman–Crippen LogP) is 8.28. The minimum absolute atomic E-state index is 0.179. The van der Waals surface area contributed by atoms with Crippen molar-refractivity contribution < 1.29 is 33.4 Å². The molecule has 10 nitrogen and oxygen atoms in total. The SMILES string of the molecule is COC(=O)c1nc(N2CCc3cccc(C(=O)Nc4nc5ccccc5s4)c3C2)sc1CCCOc1ccc(C#CCCCCCCC(=O)O)c(F)c1. The van der Waals surface area contributed by atoms with Gasteiger partial charge >= 0.3 is 11.9 Å². The van der Waals surface area contributed by atoms with Gasteiger partial charge < -0.3 is 19.5 Å². The van der Waals surface area contributed by atoms with Crippen LogP contribution in [0, 0.1) is 17.7 Å². The number of aryl methyl sites for hydroxylation is 1. The van der Waals surface area contributed by atoms with E-state index in [9.17, 15) is 18.8 Å². The van der Waals surface area contributed by atoms with E-state index >= 15 is 0 Å². The number of amides is 1. The molecule has 3 heterocycles. The monoisotopic (exact) mass is 754 g/mol. The summed E-state index contributed by atoms with van der Waals surface area (Å²) in [6.45, 7) is 1.42. The molecule has 0 fully saturated rings. The predicted molar refractivity (Wildman–Crippen MR) is 205 cm³/mol. The molecule has 0 atom stereocenters. The Kier molecular flexibility index (Phi) is 12.7. The van der Waals surface area contributed by atoms with E-state index in [2.05, 4.69) is 27.0 Å². The first-order valence-electron chi connectivity index (χ1n) is 17.5. The lowest BCUT2D eigenvalue weighted by Crippen LogP contribution is -2.32. The van der Waals surface area contributed by atoms with Crippen molar-refractivity contribution in [2.45, 2.75) is 64.3 Å². The van der Waals surface area contributed by atoms with Crippen molar-refractivity contribution in [3.63, 3.8) is 0 Å². The van der Waals surface area contributed by atoms with Gasteiger partial charge in [0.15, 0.2) is 16.0 Å². The molecule has 274 valence electrons. The van der Waals surface area contributed by atoms with Gasteiger partial charge in [-0.15, -0.1) is 11.3 Å². The number of fused-ring (bicyclic) bond motifs is 2. The highest BCUT2D eigenvalue weighted by molar-refractivity contribution is 7.22. The quantitative estimate of drug-likeness (QED) is 0.0616. The van der Waals surface area contributed by atoms with Crippen molar-refractivity contribution in [2.75, 3.05) is 30.5 Å². The zero-order valence-electron chi connectivity index (χ0n) is 29.3. The van der Waals surface area contributed by atoms with Crippen LogP contribution in [-0.4, -0.2) is 53.2 Å². The van der Waals surface area contributed by atoms with Crippen LogP contribution in [-0.2, 0) is 28.9 Å². The van der Waals surface area contributed by atoms with Crippen molar-refractivity contribution in [3.05, 3.63) is 99.3 Å². The number of hydrogen-bond donors (Lipinski definition) is 2. The second-order valence-electron chi connectivity index (χ2n) is 12.5. The fourth-order valence-corrected chi connectivity index (χ4v) is 8.03. The number of nitrogens with one attached hydrogen (secondary N) is 1. The third-order valence-electron chi connectivity index (χ3n) is 8.79. The van der Waals surface area contributed by atoms with E-state index < -0.39 is 17.8 Å². The van der Waals surface area contributed by atoms with Crippen LogP contribution in [0.1, 0.15) is 87.4 Å². The second-order valence-corrected chi connectivity index (χ2v) is 14.6. The number of carbonyl (C=O) groups excluding carboxylic acids is 2. The zero-order chi connectivity index (χ0) is 37.2. The minimum atomic E-state index is -0.781. The van der Waals surface area contributed by atoms with Crippen molar-refractivity contribution >= 4 is 61.0 Å². The number of esters is 1. The van der Waals surface area contributed by atoms with Gasteiger partial charge in [0, 0.05) is 42.4 Å². The zero-order valence-corrected chi connectivity index (χ0v) is 30.9. The first-order valence-corrected chi connectivity index (χ1v) is 19.2. The number of rotatable bonds is 15. The van der Waals surface area contributed by atoms with Crippen LogP contribution >= 0.6 is 22.7 Å². The third kappa shape index (κ3) is 9.77. The lowest BCUT2D eigenvalue weighted by Gasteiger charge is -2.29. The molecule has 13 heteroatoms. The molecule has 0 saturated carbocycles. The Bertz CT molecular complexity index is 2140. The van der Waals surface area contributed by atoms with Gasteiger partial charge in [0.25, 0.3) is 5.91 Å². The van der Waals surface area contributed by atoms with Crippen LogP contribution in [0.3, 0.4) is 0 Å². The van der Waals surface area contributed by atoms with Crippen molar-refractivity contribution in [3.8, 4) is 17.6 Å². The molecule has 5 aromatic rings. The van der Waals surface area contributed by atoms with Crippen LogP contribution < -0.4 is 15.0 Å². The number of benzene rings is 3. The molecule has 1 amide bonds. The number of halogens is 1. The molecule has 3 aromatic carbocycles. The Morgan fingerprint density at radius 2 is 1.85 bits per heavy atom. The molecule has 1 aliphatic heterocycles. The average Bonchev–Trinajstić information content (AvgIpc) is 3.78. The number of anilines is 2. The molecule has 0 aliphatic carbocycles. The molecule has 2 aromatic heterocycles. The highest BCUT2D eigenvalue weighted by atomic mass is 32.1. The number of carboxylic acid groups (broad SMARTS) is 1. The number of aromatic nitrogens is 2. The first kappa shape index (κ1) is 37.4. The number of thiazole rings is 2. The minimum Gasteiger partial charge on any atom is -0.493 e. The van der Waals surface area contributed by atoms with Gasteiger partial charge in [0.05, 0.1) is 29.5 Å². The fourth-order valence-electron chi connectivity index (χ4n) is 6.06. The number of carboxylic acids is 1. The maximum atomic E-state index is 14.7. The average molecular weight is 755 g/mol. The smallest absolute Gasteiger partial charge is 0.357 e. The molecule has 2 N–H and O–H groups in total. The summed E-state index contributed by atoms with van der Waals surface area (Å²) in [6.07, 6.45) is 5.79. The molecule has 0 bridgehead atoms. The number of ether oxygens (including phenoxy) is 2. The number of hydrogen-bond acceptors (Lipinski definition) is 10. The molecule has 6 rings (SSSR count). The maximum absolute atomic E-state index is 14.7. The molecule has 0 saturated heterocycles. The number of methoxy groups -OCH3 is 1. The van der Waals surface area contributed by atoms with Crippen LogP contribution in [0.25, 0.3) is 10.2 Å². The summed E-state index contributed by atoms with van der Waals surface area (Å²) in [4.78, 5) is 48.9. The van der Waals surface area contributed by atoms with Gasteiger partial charge in [-0.25, -0.2) is 19.2 Å². The van der Waals surface area contributed by atoms with E-state index in [1.165, 1.54) is 35.8 Å². The van der Waals surface area contributed by atoms with Gasteiger partial charge in [-0.3, -0.25) is 14.9 Å². The summed E-state index contributed by atoms with van der Waals surface area (Å²) >= 11 is 2.85. The van der Waals surface area contributed by atoms with E-state index in [0.29, 0.717) is 78.9 Å². The Hall–Kier alpha value is -5.32. The molecular weight excluding hydrogens is 716 g/mol. The molecule has 0 radical (unpaired) electrons. The number of unbranched alkanes of at least 4 members (excludes halogenated alkanes) is 4. The Morgan fingerprint density at radius 1 is 1.00 bits per heavy atom. The van der Waals surface area contributed by atoms with Crippen molar-refractivity contribution in [2.24, 2.45) is 0 Å². The van der Waals surface area contributed by atoms with Crippen LogP contribution in [0.2, 0.25) is 0 Å². The van der Waals surface area contributed by atoms with Gasteiger partial charge in [-0.1, -0.05) is 60.3 Å². The van der Waals surface area contributed by atoms with Crippen molar-refractivity contribution in [1.29, 1.82) is 0 Å². The number of para-hydroxylation sites is 1. The normalized spacial score (nSPS) is 12.2. The third-order valence-corrected chi connectivity index (χ3v) is 10.9. The van der Waals surface area contributed by atoms with Crippen LogP contribution in [0.5, 0.6) is 5.75 Å². The number of carbonyl (C=O) groups is 3. The number of nitrogens with zero attached hydrogens (tertiary/aromatic N) is 3. The first-order chi connectivity index (χ1) is 25.8. The van der Waals surface area contributed by atoms with E-state index in [1.807, 2.05) is 42.5 Å². The Labute approximate surface area is 315 Å². The standard InChI is InChI=1S/C40H39FN4O6S2/c1-50-38(49)36-34(17-11-23-51-28-20-19-27(31(41)24-28)12-6-4-2-3-5-7-18-35(46)47)53-40(43-36)45-22-21-26-13-10-14-29(30(26)25-45)37(48)44-39-42-32-15-8-9-16-33(32)52-39/h8-10,13-16,19-20,24H,2-5,7,11,17-18,21-23,25H2,1H3,(H,46,47)(H,42,44,48). The molecule has 53 heavy (non-hydrogen) atoms. The fraction of sp³-hybridized carbons (Fsp3) is 0.325. The van der Waals surface area contributed by atoms with E-state index in [1.54, 1.807) is 12.1 Å². The summed E-state index contributed by atoms with van der Waals surface area (Å²) in [6, 6.07) is 18.1. The van der Waals surface area contributed by atoms with Gasteiger partial charge in [-0.2, -0.15) is 0 Å². The molecule has 1 aliphatic rings. The van der Waals surface area contributed by atoms with Gasteiger partial charge in [0.1, 0.15) is 11.6 Å². The molecular formula is C40H39FN4O6S2. The highest BCUT2D eigenvalue weighted by Crippen LogP contribution is 2.34. The van der Waals surface area contributed by atoms with E-state index in [4.69, 9.17) is 19.6 Å². The van der Waals surface area contributed by atoms with E-state index in [0.717, 1.165) is 45.5 Å². The summed E-state index contributed by atoms with van der Waals surface area (Å²) in [7, 11) is 1.33. The largest absolute Gasteiger partial charge is 0.493 e. The number of aliphatic carboxylic acids is 1. The van der Waals surface area contributed by atoms with Crippen LogP contribution in [0.15, 0.2) is 60.7 Å². The van der Waals surface area contributed by atoms with E-state index in [-0.39, 0.29) is 18.0 Å². The Morgan fingerprint density at radius 3 is 2.66 bits per heavy atom. The maximum Gasteiger partial charge on any atom is 0.357 e. The Balaban J connectivity index is 1.04. The molecule has 0 spiro atoms. The van der Waals surface area contributed by atoms with Crippen molar-refractivity contribution in [1.82, 2.24) is 9.97 Å². The van der Waals surface area contributed by atoms with Gasteiger partial charge in [0.2, 0.25) is 0 Å². The molecule has 0 unspecified atom stereocenters. The summed E-state index contributed by atoms with van der Waals surface area (Å²) in [5.41, 5.74) is 3.98. The summed E-state index contributed by atoms with van der Waals surface area (Å²) in [5.74, 6) is 4.26. The summed E-state index contributed by atoms with van der Waals surface area (Å²) < 4.78 is 26.6. The lowest BCUT2D eigenvalue weighted by molar-refractivity contribution is -0.137. The van der Waals surface area contributed by atoms with Gasteiger partial charge in [-0.05, 0) is 73.6 Å². The van der Waals surface area contributed by atoms with Crippen LogP contribution in [0.4, 0.5) is 14.7 Å². The second kappa shape index (κ2) is 17.9. The highest BCUT2D eigenvalue weighted by Gasteiger charge is 2.27. The summed E-state index contributed by atoms with van der Waals surface area (Å²) in [5, 5.41) is 12.9. The lowest BCUT2D eigenvalue weighted by atomic mass is 9.94. The topological polar surface area (TPSA) is 131 Å².